The number of hydrogen-bond acceptors (Lipinski definition) is 4. The molecule has 0 aliphatic rings. The maximum absolute atomic E-state index is 7.37. The van der Waals surface area contributed by atoms with Gasteiger partial charge >= 0.3 is 0 Å². The number of anilines is 6. The lowest BCUT2D eigenvalue weighted by atomic mass is 9.84. The molecule has 0 radical (unpaired) electrons. The van der Waals surface area contributed by atoms with Gasteiger partial charge in [0, 0.05) is 54.8 Å². The van der Waals surface area contributed by atoms with Gasteiger partial charge < -0.3 is 18.6 Å². The van der Waals surface area contributed by atoms with Crippen molar-refractivity contribution in [2.24, 2.45) is 0 Å². The fourth-order valence-electron chi connectivity index (χ4n) is 13.4. The topological polar surface area (TPSA) is 32.8 Å². The Hall–Kier alpha value is -9.12. The van der Waals surface area contributed by atoms with E-state index in [-0.39, 0.29) is 11.8 Å². The molecule has 0 aliphatic carbocycles. The van der Waals surface area contributed by atoms with Crippen LogP contribution >= 0.6 is 0 Å². The Morgan fingerprint density at radius 1 is 0.268 bits per heavy atom. The Balaban J connectivity index is 1.05. The van der Waals surface area contributed by atoms with Gasteiger partial charge in [0.2, 0.25) is 0 Å². The first kappa shape index (κ1) is 51.1. The van der Waals surface area contributed by atoms with E-state index in [0.717, 1.165) is 89.1 Å². The van der Waals surface area contributed by atoms with E-state index in [2.05, 4.69) is 285 Å². The molecular formula is C78H68N2O2. The molecule has 14 rings (SSSR count). The minimum absolute atomic E-state index is 0.213. The van der Waals surface area contributed by atoms with Crippen LogP contribution in [0, 0.1) is 13.8 Å². The van der Waals surface area contributed by atoms with Gasteiger partial charge in [-0.25, -0.2) is 0 Å². The summed E-state index contributed by atoms with van der Waals surface area (Å²) in [4.78, 5) is 4.95. The highest BCUT2D eigenvalue weighted by molar-refractivity contribution is 6.30. The van der Waals surface area contributed by atoms with Crippen molar-refractivity contribution < 1.29 is 8.83 Å². The second-order valence-corrected chi connectivity index (χ2v) is 24.1. The Kier molecular flexibility index (Phi) is 12.4. The molecule has 0 fully saturated rings. The van der Waals surface area contributed by atoms with Gasteiger partial charge in [0.05, 0.1) is 22.7 Å². The van der Waals surface area contributed by atoms with Crippen LogP contribution in [0.3, 0.4) is 0 Å². The van der Waals surface area contributed by atoms with Crippen LogP contribution in [0.2, 0.25) is 0 Å². The van der Waals surface area contributed by atoms with Crippen molar-refractivity contribution in [3.05, 3.63) is 240 Å². The molecule has 14 aromatic rings. The number of furan rings is 2. The van der Waals surface area contributed by atoms with Gasteiger partial charge in [0.1, 0.15) is 11.2 Å². The number of benzene rings is 12. The van der Waals surface area contributed by atoms with Crippen LogP contribution in [-0.4, -0.2) is 0 Å². The molecule has 4 nitrogen and oxygen atoms in total. The number of nitrogens with zero attached hydrogens (tertiary/aromatic N) is 2. The first-order chi connectivity index (χ1) is 39.8. The second kappa shape index (κ2) is 19.8. The molecule has 0 unspecified atom stereocenters. The molecule has 0 saturated carbocycles. The Morgan fingerprint density at radius 2 is 0.598 bits per heavy atom. The van der Waals surface area contributed by atoms with Crippen molar-refractivity contribution in [1.82, 2.24) is 0 Å². The van der Waals surface area contributed by atoms with Crippen LogP contribution in [0.1, 0.15) is 112 Å². The summed E-state index contributed by atoms with van der Waals surface area (Å²) < 4.78 is 14.7. The molecule has 0 bridgehead atoms. The lowest BCUT2D eigenvalue weighted by molar-refractivity contribution is 0.669. The highest BCUT2D eigenvalue weighted by Gasteiger charge is 2.30. The zero-order chi connectivity index (χ0) is 56.2. The summed E-state index contributed by atoms with van der Waals surface area (Å²) in [6.07, 6.45) is 0. The maximum Gasteiger partial charge on any atom is 0.159 e. The van der Waals surface area contributed by atoms with E-state index in [9.17, 15) is 0 Å². The number of rotatable bonds is 12. The molecule has 0 spiro atoms. The van der Waals surface area contributed by atoms with Gasteiger partial charge in [0.15, 0.2) is 11.2 Å². The predicted molar refractivity (Wildman–Crippen MR) is 351 cm³/mol. The van der Waals surface area contributed by atoms with Gasteiger partial charge in [-0.1, -0.05) is 224 Å². The average Bonchev–Trinajstić information content (AvgIpc) is 1.17. The number of fused-ring (bicyclic) bond motifs is 6. The summed E-state index contributed by atoms with van der Waals surface area (Å²) >= 11 is 0. The lowest BCUT2D eigenvalue weighted by Gasteiger charge is -2.31. The van der Waals surface area contributed by atoms with E-state index in [0.29, 0.717) is 11.8 Å². The van der Waals surface area contributed by atoms with Crippen molar-refractivity contribution in [1.29, 1.82) is 0 Å². The van der Waals surface area contributed by atoms with Gasteiger partial charge in [-0.15, -0.1) is 0 Å². The van der Waals surface area contributed by atoms with E-state index in [1.165, 1.54) is 76.8 Å². The molecule has 0 amide bonds. The molecule has 0 saturated heterocycles. The van der Waals surface area contributed by atoms with Crippen LogP contribution in [0.4, 0.5) is 34.1 Å². The molecule has 0 aliphatic heterocycles. The molecule has 2 heterocycles. The van der Waals surface area contributed by atoms with Gasteiger partial charge in [-0.05, 0) is 141 Å². The first-order valence-electron chi connectivity index (χ1n) is 29.4. The molecule has 12 aromatic carbocycles. The van der Waals surface area contributed by atoms with Gasteiger partial charge in [-0.3, -0.25) is 0 Å². The Labute approximate surface area is 481 Å². The number of aryl methyl sites for hydroxylation is 2. The maximum atomic E-state index is 7.37. The van der Waals surface area contributed by atoms with E-state index < -0.39 is 0 Å². The molecule has 0 atom stereocenters. The Bertz CT molecular complexity index is 4470. The summed E-state index contributed by atoms with van der Waals surface area (Å²) in [6, 6.07) is 76.8. The second-order valence-electron chi connectivity index (χ2n) is 24.1. The van der Waals surface area contributed by atoms with Crippen LogP contribution in [-0.2, 0) is 0 Å². The quantitative estimate of drug-likeness (QED) is 0.114. The third kappa shape index (κ3) is 8.09. The molecule has 82 heavy (non-hydrogen) atoms. The highest BCUT2D eigenvalue weighted by Crippen LogP contribution is 2.54. The monoisotopic (exact) mass is 1060 g/mol. The van der Waals surface area contributed by atoms with E-state index in [1.54, 1.807) is 0 Å². The third-order valence-corrected chi connectivity index (χ3v) is 17.5. The van der Waals surface area contributed by atoms with E-state index in [4.69, 9.17) is 8.83 Å². The van der Waals surface area contributed by atoms with Crippen LogP contribution in [0.5, 0.6) is 0 Å². The van der Waals surface area contributed by atoms with Crippen molar-refractivity contribution >= 4 is 110 Å². The van der Waals surface area contributed by atoms with Crippen molar-refractivity contribution in [3.8, 4) is 22.3 Å². The van der Waals surface area contributed by atoms with Crippen LogP contribution in [0.15, 0.2) is 215 Å². The standard InChI is InChI=1S/C78H68N2O2/c1-45(2)53-19-11-13-21-55(53)59-23-15-25-61-63-27-17-29-69(77(63)81-75(59)61)79(51-35-31-49(9)32-36-51)71-43-67(47(5)6)57-40-42-66-72(44-68(48(7)8)58-39-41-65(71)73(57)74(58)66)80(52-37-33-50(10)34-38-52)70-30-18-28-64-62-26-16-24-60(76(62)82-78(64)70)56-22-14-12-20-54(56)46(3)4/h11-48H,1-10H3. The summed E-state index contributed by atoms with van der Waals surface area (Å²) in [5, 5.41) is 11.8. The molecular weight excluding hydrogens is 997 g/mol. The zero-order valence-corrected chi connectivity index (χ0v) is 48.7. The molecule has 402 valence electrons. The summed E-state index contributed by atoms with van der Waals surface area (Å²) in [6.45, 7) is 22.8. The molecule has 2 aromatic heterocycles. The smallest absolute Gasteiger partial charge is 0.159 e. The largest absolute Gasteiger partial charge is 0.453 e. The number of hydrogen-bond donors (Lipinski definition) is 0. The molecule has 0 N–H and O–H groups in total. The Morgan fingerprint density at radius 3 is 0.976 bits per heavy atom. The van der Waals surface area contributed by atoms with Crippen LogP contribution in [0.25, 0.3) is 98.4 Å². The minimum Gasteiger partial charge on any atom is -0.453 e. The van der Waals surface area contributed by atoms with E-state index >= 15 is 0 Å². The van der Waals surface area contributed by atoms with Crippen LogP contribution < -0.4 is 9.80 Å². The average molecular weight is 1070 g/mol. The molecule has 4 heteroatoms. The van der Waals surface area contributed by atoms with Crippen molar-refractivity contribution in [2.75, 3.05) is 9.80 Å². The first-order valence-corrected chi connectivity index (χ1v) is 29.4. The zero-order valence-electron chi connectivity index (χ0n) is 48.7. The van der Waals surface area contributed by atoms with E-state index in [1.807, 2.05) is 0 Å². The normalized spacial score (nSPS) is 12.2. The highest BCUT2D eigenvalue weighted by atomic mass is 16.3. The van der Waals surface area contributed by atoms with Gasteiger partial charge in [-0.2, -0.15) is 0 Å². The predicted octanol–water partition coefficient (Wildman–Crippen LogP) is 23.8. The van der Waals surface area contributed by atoms with Gasteiger partial charge in [0.25, 0.3) is 0 Å². The third-order valence-electron chi connectivity index (χ3n) is 17.5. The SMILES string of the molecule is Cc1ccc(N(c2cc(C(C)C)c3ccc4c(N(c5ccc(C)cc5)c5cccc6c5oc5c(-c7ccccc7C(C)C)cccc56)cc(C(C)C)c5ccc2c3c54)c2cccc3c2oc2c(-c4ccccc4C(C)C)cccc23)cc1. The summed E-state index contributed by atoms with van der Waals surface area (Å²) in [7, 11) is 0. The van der Waals surface area contributed by atoms with Crippen molar-refractivity contribution in [2.45, 2.75) is 92.9 Å². The summed E-state index contributed by atoms with van der Waals surface area (Å²) in [5.74, 6) is 1.13. The number of para-hydroxylation sites is 4. The van der Waals surface area contributed by atoms with Crippen molar-refractivity contribution in [3.63, 3.8) is 0 Å². The fourth-order valence-corrected chi connectivity index (χ4v) is 13.4. The fraction of sp³-hybridized carbons (Fsp3) is 0.179. The summed E-state index contributed by atoms with van der Waals surface area (Å²) in [5.41, 5.74) is 22.1. The minimum atomic E-state index is 0.213. The lowest BCUT2D eigenvalue weighted by Crippen LogP contribution is -2.13.